The first-order valence-corrected chi connectivity index (χ1v) is 4.48. The molecule has 0 aromatic carbocycles. The minimum Gasteiger partial charge on any atom is -0.310 e. The molecule has 0 aliphatic rings. The standard InChI is InChI=1S/C10H18N2/c1-4-6-9(3)12-10(5-2)7-8-11/h4,9-10,12H,1,5-7H2,2-3H3. The molecule has 0 bridgehead atoms. The van der Waals surface area contributed by atoms with E-state index in [1.54, 1.807) is 0 Å². The van der Waals surface area contributed by atoms with Gasteiger partial charge < -0.3 is 5.32 Å². The molecule has 12 heavy (non-hydrogen) atoms. The smallest absolute Gasteiger partial charge is 0.0638 e. The molecular formula is C10H18N2. The number of nitriles is 1. The van der Waals surface area contributed by atoms with E-state index >= 15 is 0 Å². The van der Waals surface area contributed by atoms with Crippen LogP contribution >= 0.6 is 0 Å². The van der Waals surface area contributed by atoms with Gasteiger partial charge in [0.05, 0.1) is 12.5 Å². The number of hydrogen-bond donors (Lipinski definition) is 1. The van der Waals surface area contributed by atoms with Gasteiger partial charge in [-0.1, -0.05) is 13.0 Å². The zero-order valence-electron chi connectivity index (χ0n) is 8.01. The Morgan fingerprint density at radius 2 is 2.33 bits per heavy atom. The molecule has 2 nitrogen and oxygen atoms in total. The number of rotatable bonds is 6. The average Bonchev–Trinajstić information content (AvgIpc) is 2.04. The van der Waals surface area contributed by atoms with Crippen LogP contribution in [0.5, 0.6) is 0 Å². The molecule has 1 N–H and O–H groups in total. The Bertz CT molecular complexity index is 158. The van der Waals surface area contributed by atoms with Crippen LogP contribution in [-0.2, 0) is 0 Å². The summed E-state index contributed by atoms with van der Waals surface area (Å²) in [4.78, 5) is 0. The highest BCUT2D eigenvalue weighted by Crippen LogP contribution is 2.00. The van der Waals surface area contributed by atoms with Crippen molar-refractivity contribution < 1.29 is 0 Å². The van der Waals surface area contributed by atoms with E-state index in [1.807, 2.05) is 6.08 Å². The number of nitrogens with zero attached hydrogens (tertiary/aromatic N) is 1. The summed E-state index contributed by atoms with van der Waals surface area (Å²) < 4.78 is 0. The molecule has 68 valence electrons. The van der Waals surface area contributed by atoms with Gasteiger partial charge in [-0.3, -0.25) is 0 Å². The highest BCUT2D eigenvalue weighted by Gasteiger charge is 2.07. The first-order chi connectivity index (χ1) is 5.74. The Labute approximate surface area is 75.3 Å². The van der Waals surface area contributed by atoms with Gasteiger partial charge in [0, 0.05) is 12.1 Å². The fraction of sp³-hybridized carbons (Fsp3) is 0.700. The second-order valence-corrected chi connectivity index (χ2v) is 3.06. The molecule has 0 saturated heterocycles. The lowest BCUT2D eigenvalue weighted by molar-refractivity contribution is 0.440. The van der Waals surface area contributed by atoms with E-state index in [0.717, 1.165) is 12.8 Å². The van der Waals surface area contributed by atoms with E-state index in [2.05, 4.69) is 31.8 Å². The van der Waals surface area contributed by atoms with Crippen LogP contribution in [0.1, 0.15) is 33.1 Å². The topological polar surface area (TPSA) is 35.8 Å². The van der Waals surface area contributed by atoms with Gasteiger partial charge in [0.2, 0.25) is 0 Å². The highest BCUT2D eigenvalue weighted by atomic mass is 14.9. The molecule has 2 unspecified atom stereocenters. The molecule has 0 aromatic rings. The van der Waals surface area contributed by atoms with Crippen molar-refractivity contribution >= 4 is 0 Å². The van der Waals surface area contributed by atoms with Gasteiger partial charge in [-0.15, -0.1) is 6.58 Å². The van der Waals surface area contributed by atoms with Gasteiger partial charge in [0.15, 0.2) is 0 Å². The van der Waals surface area contributed by atoms with Crippen molar-refractivity contribution in [2.75, 3.05) is 0 Å². The fourth-order valence-electron chi connectivity index (χ4n) is 1.15. The molecular weight excluding hydrogens is 148 g/mol. The maximum atomic E-state index is 8.50. The molecule has 0 heterocycles. The van der Waals surface area contributed by atoms with Crippen molar-refractivity contribution in [2.24, 2.45) is 0 Å². The third-order valence-electron chi connectivity index (χ3n) is 1.87. The second-order valence-electron chi connectivity index (χ2n) is 3.06. The van der Waals surface area contributed by atoms with Crippen molar-refractivity contribution in [3.63, 3.8) is 0 Å². The van der Waals surface area contributed by atoms with Crippen LogP contribution in [0.4, 0.5) is 0 Å². The molecule has 0 spiro atoms. The Balaban J connectivity index is 3.69. The van der Waals surface area contributed by atoms with E-state index in [9.17, 15) is 0 Å². The lowest BCUT2D eigenvalue weighted by Gasteiger charge is -2.18. The Hall–Kier alpha value is -0.810. The third-order valence-corrected chi connectivity index (χ3v) is 1.87. The second kappa shape index (κ2) is 6.87. The summed E-state index contributed by atoms with van der Waals surface area (Å²) in [6.07, 6.45) is 4.46. The number of hydrogen-bond acceptors (Lipinski definition) is 2. The van der Waals surface area contributed by atoms with E-state index < -0.39 is 0 Å². The molecule has 0 fully saturated rings. The summed E-state index contributed by atoms with van der Waals surface area (Å²) in [5.74, 6) is 0. The van der Waals surface area contributed by atoms with Gasteiger partial charge in [-0.25, -0.2) is 0 Å². The SMILES string of the molecule is C=CCC(C)NC(CC)CC#N. The summed E-state index contributed by atoms with van der Waals surface area (Å²) in [5, 5.41) is 11.9. The molecule has 0 saturated carbocycles. The summed E-state index contributed by atoms with van der Waals surface area (Å²) in [6, 6.07) is 2.95. The zero-order chi connectivity index (χ0) is 9.40. The lowest BCUT2D eigenvalue weighted by Crippen LogP contribution is -2.35. The van der Waals surface area contributed by atoms with Gasteiger partial charge in [0.25, 0.3) is 0 Å². The fourth-order valence-corrected chi connectivity index (χ4v) is 1.15. The van der Waals surface area contributed by atoms with Crippen LogP contribution in [0.2, 0.25) is 0 Å². The predicted molar refractivity (Wildman–Crippen MR) is 51.7 cm³/mol. The van der Waals surface area contributed by atoms with E-state index in [4.69, 9.17) is 5.26 Å². The van der Waals surface area contributed by atoms with E-state index in [0.29, 0.717) is 18.5 Å². The number of nitrogens with one attached hydrogen (secondary N) is 1. The van der Waals surface area contributed by atoms with Gasteiger partial charge in [0.1, 0.15) is 0 Å². The summed E-state index contributed by atoms with van der Waals surface area (Å²) in [7, 11) is 0. The van der Waals surface area contributed by atoms with Crippen molar-refractivity contribution in [2.45, 2.75) is 45.2 Å². The third kappa shape index (κ3) is 4.92. The summed E-state index contributed by atoms with van der Waals surface area (Å²) >= 11 is 0. The summed E-state index contributed by atoms with van der Waals surface area (Å²) in [6.45, 7) is 7.88. The van der Waals surface area contributed by atoms with Gasteiger partial charge in [-0.05, 0) is 19.8 Å². The monoisotopic (exact) mass is 166 g/mol. The normalized spacial score (nSPS) is 14.8. The van der Waals surface area contributed by atoms with E-state index in [-0.39, 0.29) is 0 Å². The largest absolute Gasteiger partial charge is 0.310 e. The van der Waals surface area contributed by atoms with Crippen molar-refractivity contribution in [1.82, 2.24) is 5.32 Å². The average molecular weight is 166 g/mol. The molecule has 0 amide bonds. The zero-order valence-corrected chi connectivity index (χ0v) is 8.01. The maximum absolute atomic E-state index is 8.50. The van der Waals surface area contributed by atoms with Crippen molar-refractivity contribution in [1.29, 1.82) is 5.26 Å². The van der Waals surface area contributed by atoms with Gasteiger partial charge in [-0.2, -0.15) is 5.26 Å². The Kier molecular flexibility index (Phi) is 6.41. The van der Waals surface area contributed by atoms with Crippen LogP contribution < -0.4 is 5.32 Å². The van der Waals surface area contributed by atoms with E-state index in [1.165, 1.54) is 0 Å². The van der Waals surface area contributed by atoms with Crippen molar-refractivity contribution in [3.8, 4) is 6.07 Å². The lowest BCUT2D eigenvalue weighted by atomic mass is 10.1. The molecule has 0 rings (SSSR count). The highest BCUT2D eigenvalue weighted by molar-refractivity contribution is 4.83. The molecule has 0 aliphatic carbocycles. The first-order valence-electron chi connectivity index (χ1n) is 4.48. The van der Waals surface area contributed by atoms with Crippen LogP contribution in [0, 0.1) is 11.3 Å². The molecule has 2 atom stereocenters. The molecule has 0 radical (unpaired) electrons. The molecule has 2 heteroatoms. The van der Waals surface area contributed by atoms with Crippen molar-refractivity contribution in [3.05, 3.63) is 12.7 Å². The summed E-state index contributed by atoms with van der Waals surface area (Å²) in [5.41, 5.74) is 0. The van der Waals surface area contributed by atoms with Crippen LogP contribution in [0.25, 0.3) is 0 Å². The predicted octanol–water partition coefficient (Wildman–Crippen LogP) is 2.23. The van der Waals surface area contributed by atoms with Crippen LogP contribution in [0.15, 0.2) is 12.7 Å². The minimum atomic E-state index is 0.338. The van der Waals surface area contributed by atoms with Crippen LogP contribution in [0.3, 0.4) is 0 Å². The first kappa shape index (κ1) is 11.2. The molecule has 0 aliphatic heterocycles. The van der Waals surface area contributed by atoms with Gasteiger partial charge >= 0.3 is 0 Å². The molecule has 0 aromatic heterocycles. The van der Waals surface area contributed by atoms with Crippen LogP contribution in [-0.4, -0.2) is 12.1 Å². The maximum Gasteiger partial charge on any atom is 0.0638 e. The Morgan fingerprint density at radius 3 is 2.75 bits per heavy atom. The Morgan fingerprint density at radius 1 is 1.67 bits per heavy atom. The minimum absolute atomic E-state index is 0.338. The quantitative estimate of drug-likeness (QED) is 0.614.